The van der Waals surface area contributed by atoms with Gasteiger partial charge < -0.3 is 15.6 Å². The average Bonchev–Trinajstić information content (AvgIpc) is 3.22. The molecule has 0 saturated carbocycles. The van der Waals surface area contributed by atoms with Crippen LogP contribution in [-0.2, 0) is 11.3 Å². The number of rotatable bonds is 2. The van der Waals surface area contributed by atoms with Crippen molar-refractivity contribution in [1.82, 2.24) is 15.6 Å². The Morgan fingerprint density at radius 3 is 2.85 bits per heavy atom. The number of carbonyl (C=O) groups excluding carboxylic acids is 2. The van der Waals surface area contributed by atoms with Crippen LogP contribution < -0.4 is 10.6 Å². The van der Waals surface area contributed by atoms with Gasteiger partial charge in [0, 0.05) is 23.3 Å². The molecule has 0 atom stereocenters. The second-order valence-electron chi connectivity index (χ2n) is 5.85. The van der Waals surface area contributed by atoms with Crippen molar-refractivity contribution in [3.05, 3.63) is 63.3 Å². The number of nitrogens with one attached hydrogen (secondary N) is 3. The molecule has 0 spiro atoms. The first-order chi connectivity index (χ1) is 12.6. The number of fused-ring (bicyclic) bond motifs is 1. The number of carbonyl (C=O) groups is 2. The number of amides is 2. The van der Waals surface area contributed by atoms with Crippen molar-refractivity contribution < 1.29 is 9.59 Å². The second kappa shape index (κ2) is 7.01. The van der Waals surface area contributed by atoms with Gasteiger partial charge in [-0.1, -0.05) is 29.8 Å². The normalized spacial score (nSPS) is 21.3. The highest BCUT2D eigenvalue weighted by Crippen LogP contribution is 2.36. The van der Waals surface area contributed by atoms with Crippen LogP contribution in [0.1, 0.15) is 28.0 Å². The number of H-pyrrole nitrogens is 1. The van der Waals surface area contributed by atoms with Gasteiger partial charge in [0.05, 0.1) is 11.4 Å². The molecule has 1 aromatic heterocycles. The molecule has 2 amide bonds. The van der Waals surface area contributed by atoms with E-state index in [2.05, 4.69) is 20.6 Å². The Hall–Kier alpha value is -2.51. The fraction of sp³-hybridized carbons (Fsp3) is 0.167. The molecule has 0 bridgehead atoms. The van der Waals surface area contributed by atoms with E-state index in [1.165, 1.54) is 11.8 Å². The minimum Gasteiger partial charge on any atom is -0.357 e. The molecular weight excluding hydrogens is 372 g/mol. The summed E-state index contributed by atoms with van der Waals surface area (Å²) >= 11 is 7.45. The van der Waals surface area contributed by atoms with E-state index in [1.54, 1.807) is 6.20 Å². The lowest BCUT2D eigenvalue weighted by molar-refractivity contribution is -0.115. The lowest BCUT2D eigenvalue weighted by Crippen LogP contribution is -2.22. The van der Waals surface area contributed by atoms with E-state index in [-0.39, 0.29) is 11.8 Å². The minimum absolute atomic E-state index is 0.156. The smallest absolute Gasteiger partial charge is 0.268 e. The first-order valence-corrected chi connectivity index (χ1v) is 9.29. The highest BCUT2D eigenvalue weighted by atomic mass is 35.5. The standard InChI is InChI=1S/C18H15ClN4O2S/c19-13-4-2-1-3-10(13)9-22-18-23-17(25)15(26-18)12-6-8-21-16(24)14-11(12)5-7-20-14/h1-5,7,20H,6,8-9H2,(H,21,24)(H,22,23,25)/b15-12-. The molecule has 132 valence electrons. The molecule has 2 aromatic rings. The third-order valence-electron chi connectivity index (χ3n) is 4.21. The summed E-state index contributed by atoms with van der Waals surface area (Å²) in [7, 11) is 0. The summed E-state index contributed by atoms with van der Waals surface area (Å²) in [6.07, 6.45) is 2.30. The summed E-state index contributed by atoms with van der Waals surface area (Å²) < 4.78 is 0. The largest absolute Gasteiger partial charge is 0.357 e. The van der Waals surface area contributed by atoms with Crippen LogP contribution in [0.4, 0.5) is 0 Å². The Balaban J connectivity index is 1.63. The van der Waals surface area contributed by atoms with Gasteiger partial charge in [-0.15, -0.1) is 0 Å². The van der Waals surface area contributed by atoms with Crippen LogP contribution in [0.2, 0.25) is 5.02 Å². The summed E-state index contributed by atoms with van der Waals surface area (Å²) in [6, 6.07) is 9.31. The number of hydrogen-bond donors (Lipinski definition) is 3. The number of aromatic amines is 1. The van der Waals surface area contributed by atoms with Crippen LogP contribution in [0.15, 0.2) is 46.4 Å². The quantitative estimate of drug-likeness (QED) is 0.693. The van der Waals surface area contributed by atoms with Gasteiger partial charge in [0.25, 0.3) is 11.8 Å². The molecule has 3 N–H and O–H groups in total. The second-order valence-corrected chi connectivity index (χ2v) is 7.26. The van der Waals surface area contributed by atoms with Gasteiger partial charge in [-0.3, -0.25) is 14.6 Å². The van der Waals surface area contributed by atoms with Gasteiger partial charge >= 0.3 is 0 Å². The van der Waals surface area contributed by atoms with E-state index in [9.17, 15) is 9.59 Å². The predicted octanol–water partition coefficient (Wildman–Crippen LogP) is 2.93. The third kappa shape index (κ3) is 3.15. The molecule has 2 aliphatic heterocycles. The fourth-order valence-electron chi connectivity index (χ4n) is 2.95. The van der Waals surface area contributed by atoms with Crippen molar-refractivity contribution >= 4 is 45.9 Å². The van der Waals surface area contributed by atoms with Crippen molar-refractivity contribution in [2.75, 3.05) is 6.54 Å². The highest BCUT2D eigenvalue weighted by Gasteiger charge is 2.30. The Morgan fingerprint density at radius 1 is 1.15 bits per heavy atom. The molecular formula is C18H15ClN4O2S. The zero-order valence-corrected chi connectivity index (χ0v) is 15.2. The maximum Gasteiger partial charge on any atom is 0.268 e. The number of benzene rings is 1. The average molecular weight is 387 g/mol. The van der Waals surface area contributed by atoms with Crippen molar-refractivity contribution in [3.8, 4) is 0 Å². The first kappa shape index (κ1) is 16.9. The molecule has 4 rings (SSSR count). The minimum atomic E-state index is -0.190. The molecule has 1 saturated heterocycles. The van der Waals surface area contributed by atoms with Crippen LogP contribution in [-0.4, -0.2) is 28.5 Å². The summed E-state index contributed by atoms with van der Waals surface area (Å²) in [5, 5.41) is 6.82. The zero-order chi connectivity index (χ0) is 18.1. The van der Waals surface area contributed by atoms with E-state index >= 15 is 0 Å². The molecule has 0 unspecified atom stereocenters. The number of aromatic nitrogens is 1. The van der Waals surface area contributed by atoms with Crippen LogP contribution in [0, 0.1) is 0 Å². The number of amidine groups is 1. The lowest BCUT2D eigenvalue weighted by Gasteiger charge is -2.05. The molecule has 2 aliphatic rings. The van der Waals surface area contributed by atoms with Crippen LogP contribution in [0.5, 0.6) is 0 Å². The van der Waals surface area contributed by atoms with Crippen LogP contribution >= 0.6 is 23.4 Å². The van der Waals surface area contributed by atoms with Crippen LogP contribution in [0.25, 0.3) is 5.57 Å². The zero-order valence-electron chi connectivity index (χ0n) is 13.6. The fourth-order valence-corrected chi connectivity index (χ4v) is 4.09. The summed E-state index contributed by atoms with van der Waals surface area (Å²) in [6.45, 7) is 0.875. The van der Waals surface area contributed by atoms with Crippen molar-refractivity contribution in [1.29, 1.82) is 0 Å². The van der Waals surface area contributed by atoms with Crippen LogP contribution in [0.3, 0.4) is 0 Å². The Bertz CT molecular complexity index is 964. The predicted molar refractivity (Wildman–Crippen MR) is 103 cm³/mol. The van der Waals surface area contributed by atoms with Crippen molar-refractivity contribution in [3.63, 3.8) is 0 Å². The number of halogens is 1. The molecule has 0 radical (unpaired) electrons. The number of hydrogen-bond acceptors (Lipinski definition) is 4. The Kier molecular flexibility index (Phi) is 4.57. The van der Waals surface area contributed by atoms with Crippen molar-refractivity contribution in [2.24, 2.45) is 4.99 Å². The van der Waals surface area contributed by atoms with E-state index in [4.69, 9.17) is 11.6 Å². The maximum absolute atomic E-state index is 12.5. The number of thioether (sulfide) groups is 1. The molecule has 1 fully saturated rings. The van der Waals surface area contributed by atoms with Gasteiger partial charge in [-0.25, -0.2) is 0 Å². The Morgan fingerprint density at radius 2 is 2.00 bits per heavy atom. The molecule has 6 nitrogen and oxygen atoms in total. The summed E-state index contributed by atoms with van der Waals surface area (Å²) in [5.41, 5.74) is 3.00. The molecule has 26 heavy (non-hydrogen) atoms. The number of nitrogens with zero attached hydrogens (tertiary/aromatic N) is 1. The third-order valence-corrected chi connectivity index (χ3v) is 5.64. The van der Waals surface area contributed by atoms with E-state index in [1.807, 2.05) is 30.3 Å². The molecule has 3 heterocycles. The van der Waals surface area contributed by atoms with Gasteiger partial charge in [0.1, 0.15) is 5.69 Å². The van der Waals surface area contributed by atoms with Crippen molar-refractivity contribution in [2.45, 2.75) is 13.0 Å². The molecule has 0 aliphatic carbocycles. The van der Waals surface area contributed by atoms with Gasteiger partial charge in [0.15, 0.2) is 5.17 Å². The summed E-state index contributed by atoms with van der Waals surface area (Å²) in [5.74, 6) is -0.346. The topological polar surface area (TPSA) is 86.3 Å². The van der Waals surface area contributed by atoms with Gasteiger partial charge in [-0.2, -0.15) is 0 Å². The van der Waals surface area contributed by atoms with Gasteiger partial charge in [0.2, 0.25) is 0 Å². The molecule has 1 aromatic carbocycles. The first-order valence-electron chi connectivity index (χ1n) is 8.09. The lowest BCUT2D eigenvalue weighted by atomic mass is 10.0. The highest BCUT2D eigenvalue weighted by molar-refractivity contribution is 8.18. The molecule has 8 heteroatoms. The summed E-state index contributed by atoms with van der Waals surface area (Å²) in [4.78, 5) is 32.5. The SMILES string of the molecule is O=C1NC(=NCc2ccccc2Cl)S/C1=C1/CCNC(=O)c2[nH]ccc21. The van der Waals surface area contributed by atoms with E-state index in [0.717, 1.165) is 16.7 Å². The van der Waals surface area contributed by atoms with Gasteiger partial charge in [-0.05, 0) is 41.5 Å². The Labute approximate surface area is 159 Å². The van der Waals surface area contributed by atoms with E-state index in [0.29, 0.717) is 40.3 Å². The monoisotopic (exact) mass is 386 g/mol. The maximum atomic E-state index is 12.5. The van der Waals surface area contributed by atoms with E-state index < -0.39 is 0 Å². The number of aliphatic imine (C=N–C) groups is 1.